The standard InChI is InChI=1S/C10H9BrN2O3/c1-2-13-6-7(5-12-13)15-10(14)8-3-4-9(11)16-8/h3-6H,2H2,1H3. The minimum atomic E-state index is -0.540. The van der Waals surface area contributed by atoms with Gasteiger partial charge in [0.25, 0.3) is 0 Å². The molecule has 0 radical (unpaired) electrons. The Labute approximate surface area is 100 Å². The number of aryl methyl sites for hydroxylation is 1. The second-order valence-corrected chi connectivity index (χ2v) is 3.81. The summed E-state index contributed by atoms with van der Waals surface area (Å²) in [5.41, 5.74) is 0. The molecule has 0 atom stereocenters. The van der Waals surface area contributed by atoms with E-state index in [0.29, 0.717) is 10.4 Å². The number of ether oxygens (including phenoxy) is 1. The summed E-state index contributed by atoms with van der Waals surface area (Å²) in [5, 5.41) is 3.99. The average Bonchev–Trinajstić information content (AvgIpc) is 2.87. The maximum Gasteiger partial charge on any atom is 0.379 e. The molecule has 2 aromatic rings. The summed E-state index contributed by atoms with van der Waals surface area (Å²) in [6, 6.07) is 3.17. The molecule has 5 nitrogen and oxygen atoms in total. The molecule has 0 aliphatic heterocycles. The third kappa shape index (κ3) is 2.33. The van der Waals surface area contributed by atoms with Crippen LogP contribution < -0.4 is 4.74 Å². The predicted octanol–water partition coefficient (Wildman–Crippen LogP) is 2.48. The van der Waals surface area contributed by atoms with E-state index in [-0.39, 0.29) is 5.76 Å². The van der Waals surface area contributed by atoms with E-state index < -0.39 is 5.97 Å². The first-order chi connectivity index (χ1) is 7.69. The Hall–Kier alpha value is -1.56. The number of carbonyl (C=O) groups excluding carboxylic acids is 1. The van der Waals surface area contributed by atoms with Gasteiger partial charge in [-0.2, -0.15) is 5.10 Å². The summed E-state index contributed by atoms with van der Waals surface area (Å²) in [7, 11) is 0. The molecular weight excluding hydrogens is 276 g/mol. The topological polar surface area (TPSA) is 57.3 Å². The van der Waals surface area contributed by atoms with Gasteiger partial charge in [0.05, 0.1) is 12.4 Å². The summed E-state index contributed by atoms with van der Waals surface area (Å²) in [4.78, 5) is 11.6. The lowest BCUT2D eigenvalue weighted by atomic mass is 10.4. The van der Waals surface area contributed by atoms with Gasteiger partial charge in [-0.25, -0.2) is 4.79 Å². The average molecular weight is 285 g/mol. The van der Waals surface area contributed by atoms with Crippen LogP contribution in [0.25, 0.3) is 0 Å². The summed E-state index contributed by atoms with van der Waals surface area (Å²) in [6.45, 7) is 2.67. The van der Waals surface area contributed by atoms with E-state index in [2.05, 4.69) is 21.0 Å². The van der Waals surface area contributed by atoms with Crippen molar-refractivity contribution >= 4 is 21.9 Å². The van der Waals surface area contributed by atoms with Gasteiger partial charge in [-0.3, -0.25) is 4.68 Å². The molecule has 0 N–H and O–H groups in total. The monoisotopic (exact) mass is 284 g/mol. The molecule has 0 fully saturated rings. The highest BCUT2D eigenvalue weighted by atomic mass is 79.9. The first kappa shape index (κ1) is 10.9. The van der Waals surface area contributed by atoms with Gasteiger partial charge in [0.2, 0.25) is 5.76 Å². The molecule has 0 saturated heterocycles. The SMILES string of the molecule is CCn1cc(OC(=O)c2ccc(Br)o2)cn1. The number of nitrogens with zero attached hydrogens (tertiary/aromatic N) is 2. The summed E-state index contributed by atoms with van der Waals surface area (Å²) < 4.78 is 12.3. The van der Waals surface area contributed by atoms with Gasteiger partial charge in [0, 0.05) is 6.54 Å². The third-order valence-corrected chi connectivity index (χ3v) is 2.34. The zero-order valence-corrected chi connectivity index (χ0v) is 10.1. The van der Waals surface area contributed by atoms with E-state index >= 15 is 0 Å². The van der Waals surface area contributed by atoms with Crippen LogP contribution in [0, 0.1) is 0 Å². The van der Waals surface area contributed by atoms with Crippen molar-refractivity contribution in [2.24, 2.45) is 0 Å². The fraction of sp³-hybridized carbons (Fsp3) is 0.200. The van der Waals surface area contributed by atoms with E-state index in [1.807, 2.05) is 6.92 Å². The van der Waals surface area contributed by atoms with E-state index in [9.17, 15) is 4.79 Å². The largest absolute Gasteiger partial charge is 0.442 e. The van der Waals surface area contributed by atoms with E-state index in [1.54, 1.807) is 16.9 Å². The molecule has 0 unspecified atom stereocenters. The van der Waals surface area contributed by atoms with Crippen molar-refractivity contribution < 1.29 is 13.9 Å². The molecule has 0 bridgehead atoms. The highest BCUT2D eigenvalue weighted by Crippen LogP contribution is 2.16. The van der Waals surface area contributed by atoms with Crippen molar-refractivity contribution in [3.8, 4) is 5.75 Å². The molecule has 0 aromatic carbocycles. The molecule has 84 valence electrons. The van der Waals surface area contributed by atoms with Crippen molar-refractivity contribution in [1.29, 1.82) is 0 Å². The first-order valence-electron chi connectivity index (χ1n) is 4.69. The number of furan rings is 1. The van der Waals surface area contributed by atoms with Gasteiger partial charge in [-0.05, 0) is 35.0 Å². The quantitative estimate of drug-likeness (QED) is 0.813. The summed E-state index contributed by atoms with van der Waals surface area (Å²) in [6.07, 6.45) is 3.13. The van der Waals surface area contributed by atoms with Crippen LogP contribution in [0.4, 0.5) is 0 Å². The van der Waals surface area contributed by atoms with Crippen LogP contribution in [0.2, 0.25) is 0 Å². The predicted molar refractivity (Wildman–Crippen MR) is 59.3 cm³/mol. The lowest BCUT2D eigenvalue weighted by Gasteiger charge is -1.97. The highest BCUT2D eigenvalue weighted by Gasteiger charge is 2.13. The van der Waals surface area contributed by atoms with Crippen LogP contribution >= 0.6 is 15.9 Å². The third-order valence-electron chi connectivity index (χ3n) is 1.92. The molecule has 6 heteroatoms. The van der Waals surface area contributed by atoms with Crippen molar-refractivity contribution in [3.63, 3.8) is 0 Å². The van der Waals surface area contributed by atoms with Crippen LogP contribution in [0.5, 0.6) is 5.75 Å². The zero-order chi connectivity index (χ0) is 11.5. The molecule has 0 spiro atoms. The van der Waals surface area contributed by atoms with Gasteiger partial charge in [-0.15, -0.1) is 0 Å². The summed E-state index contributed by atoms with van der Waals surface area (Å²) >= 11 is 3.11. The number of esters is 1. The first-order valence-corrected chi connectivity index (χ1v) is 5.48. The lowest BCUT2D eigenvalue weighted by Crippen LogP contribution is -2.06. The molecular formula is C10H9BrN2O3. The Balaban J connectivity index is 2.07. The number of halogens is 1. The molecule has 0 aliphatic rings. The number of hydrogen-bond donors (Lipinski definition) is 0. The number of hydrogen-bond acceptors (Lipinski definition) is 4. The lowest BCUT2D eigenvalue weighted by molar-refractivity contribution is 0.0700. The number of aromatic nitrogens is 2. The van der Waals surface area contributed by atoms with Crippen LogP contribution in [-0.2, 0) is 6.54 Å². The second kappa shape index (κ2) is 4.52. The van der Waals surface area contributed by atoms with Crippen LogP contribution in [0.15, 0.2) is 33.6 Å². The van der Waals surface area contributed by atoms with Gasteiger partial charge >= 0.3 is 5.97 Å². The van der Waals surface area contributed by atoms with Crippen molar-refractivity contribution in [2.75, 3.05) is 0 Å². The number of rotatable bonds is 3. The molecule has 2 aromatic heterocycles. The normalized spacial score (nSPS) is 10.4. The maximum absolute atomic E-state index is 11.6. The number of carbonyl (C=O) groups is 1. The van der Waals surface area contributed by atoms with Crippen molar-refractivity contribution in [1.82, 2.24) is 9.78 Å². The fourth-order valence-electron chi connectivity index (χ4n) is 1.15. The highest BCUT2D eigenvalue weighted by molar-refractivity contribution is 9.10. The Morgan fingerprint density at radius 1 is 1.62 bits per heavy atom. The Morgan fingerprint density at radius 2 is 2.44 bits per heavy atom. The minimum absolute atomic E-state index is 0.149. The van der Waals surface area contributed by atoms with E-state index in [1.165, 1.54) is 12.3 Å². The van der Waals surface area contributed by atoms with Gasteiger partial charge < -0.3 is 9.15 Å². The smallest absolute Gasteiger partial charge is 0.379 e. The fourth-order valence-corrected chi connectivity index (χ4v) is 1.46. The Bertz CT molecular complexity index is 504. The van der Waals surface area contributed by atoms with Gasteiger partial charge in [-0.1, -0.05) is 0 Å². The molecule has 2 heterocycles. The van der Waals surface area contributed by atoms with Crippen LogP contribution in [0.1, 0.15) is 17.5 Å². The molecule has 0 amide bonds. The van der Waals surface area contributed by atoms with Crippen LogP contribution in [-0.4, -0.2) is 15.7 Å². The molecule has 16 heavy (non-hydrogen) atoms. The minimum Gasteiger partial charge on any atom is -0.442 e. The van der Waals surface area contributed by atoms with Crippen LogP contribution in [0.3, 0.4) is 0 Å². The van der Waals surface area contributed by atoms with E-state index in [4.69, 9.17) is 9.15 Å². The molecule has 2 rings (SSSR count). The van der Waals surface area contributed by atoms with Gasteiger partial charge in [0.1, 0.15) is 0 Å². The molecule has 0 saturated carbocycles. The maximum atomic E-state index is 11.6. The second-order valence-electron chi connectivity index (χ2n) is 3.03. The van der Waals surface area contributed by atoms with Crippen molar-refractivity contribution in [2.45, 2.75) is 13.5 Å². The zero-order valence-electron chi connectivity index (χ0n) is 8.51. The molecule has 0 aliphatic carbocycles. The van der Waals surface area contributed by atoms with Gasteiger partial charge in [0.15, 0.2) is 10.4 Å². The Morgan fingerprint density at radius 3 is 3.00 bits per heavy atom. The Kier molecular flexibility index (Phi) is 3.09. The van der Waals surface area contributed by atoms with E-state index in [0.717, 1.165) is 6.54 Å². The summed E-state index contributed by atoms with van der Waals surface area (Å²) in [5.74, 6) is 0.0110. The van der Waals surface area contributed by atoms with Crippen molar-refractivity contribution in [3.05, 3.63) is 35.0 Å².